The van der Waals surface area contributed by atoms with Crippen LogP contribution in [0.15, 0.2) is 83.5 Å². The number of aromatic nitrogens is 1. The van der Waals surface area contributed by atoms with Crippen LogP contribution in [0.5, 0.6) is 17.2 Å². The number of methoxy groups -OCH3 is 3. The summed E-state index contributed by atoms with van der Waals surface area (Å²) in [6.45, 7) is 5.74. The van der Waals surface area contributed by atoms with E-state index in [1.54, 1.807) is 27.6 Å². The molecule has 1 aromatic heterocycles. The lowest BCUT2D eigenvalue weighted by molar-refractivity contribution is 0.00650. The molecule has 0 spiro atoms. The molecule has 254 valence electrons. The molecule has 0 aliphatic carbocycles. The van der Waals surface area contributed by atoms with E-state index in [0.29, 0.717) is 90.9 Å². The van der Waals surface area contributed by atoms with Crippen molar-refractivity contribution in [3.8, 4) is 17.2 Å². The summed E-state index contributed by atoms with van der Waals surface area (Å²) in [6.07, 6.45) is 1.63. The van der Waals surface area contributed by atoms with Gasteiger partial charge >= 0.3 is 0 Å². The zero-order chi connectivity index (χ0) is 32.9. The molecule has 0 amide bonds. The summed E-state index contributed by atoms with van der Waals surface area (Å²) >= 11 is 0. The largest absolute Gasteiger partial charge is 0.497 e. The van der Waals surface area contributed by atoms with Gasteiger partial charge < -0.3 is 47.2 Å². The van der Waals surface area contributed by atoms with Crippen LogP contribution in [0.3, 0.4) is 0 Å². The molecule has 0 atom stereocenters. The molecule has 11 heteroatoms. The van der Waals surface area contributed by atoms with E-state index < -0.39 is 0 Å². The molecule has 47 heavy (non-hydrogen) atoms. The first-order valence-electron chi connectivity index (χ1n) is 15.6. The number of anilines is 1. The van der Waals surface area contributed by atoms with Crippen LogP contribution in [0, 0.1) is 0 Å². The summed E-state index contributed by atoms with van der Waals surface area (Å²) < 4.78 is 50.2. The number of ether oxygens (including phenoxy) is 8. The summed E-state index contributed by atoms with van der Waals surface area (Å²) in [5, 5.41) is 0. The molecule has 4 rings (SSSR count). The van der Waals surface area contributed by atoms with Crippen molar-refractivity contribution in [2.45, 2.75) is 26.3 Å². The van der Waals surface area contributed by atoms with Gasteiger partial charge in [0.05, 0.1) is 60.0 Å². The molecule has 0 radical (unpaired) electrons. The number of rotatable bonds is 24. The van der Waals surface area contributed by atoms with Crippen LogP contribution in [0.2, 0.25) is 0 Å². The molecule has 0 saturated carbocycles. The van der Waals surface area contributed by atoms with Gasteiger partial charge in [-0.2, -0.15) is 4.98 Å². The van der Waals surface area contributed by atoms with Crippen molar-refractivity contribution in [2.75, 3.05) is 79.1 Å². The summed E-state index contributed by atoms with van der Waals surface area (Å²) in [5.74, 6) is 2.37. The quantitative estimate of drug-likeness (QED) is 0.0874. The lowest BCUT2D eigenvalue weighted by Gasteiger charge is -2.21. The minimum atomic E-state index is 0.304. The SMILES string of the molecule is COCCOc1cccc(CN(Cc2cccc(OCCOC)c2)c2nc(COCCOCCOCc3cccc(OC)c3)co2)c1. The Kier molecular flexibility index (Phi) is 15.9. The normalized spacial score (nSPS) is 11.0. The van der Waals surface area contributed by atoms with Crippen molar-refractivity contribution in [3.05, 3.63) is 101 Å². The highest BCUT2D eigenvalue weighted by Gasteiger charge is 2.16. The monoisotopic (exact) mass is 650 g/mol. The van der Waals surface area contributed by atoms with Gasteiger partial charge in [0.1, 0.15) is 42.4 Å². The number of nitrogens with zero attached hydrogens (tertiary/aromatic N) is 2. The molecule has 0 bridgehead atoms. The second kappa shape index (κ2) is 20.9. The Balaban J connectivity index is 1.27. The second-order valence-corrected chi connectivity index (χ2v) is 10.5. The van der Waals surface area contributed by atoms with Crippen molar-refractivity contribution >= 4 is 6.01 Å². The number of hydrogen-bond acceptors (Lipinski definition) is 11. The Morgan fingerprint density at radius 1 is 0.574 bits per heavy atom. The van der Waals surface area contributed by atoms with Crippen LogP contribution in [-0.2, 0) is 50.0 Å². The predicted octanol–water partition coefficient (Wildman–Crippen LogP) is 5.69. The fourth-order valence-corrected chi connectivity index (χ4v) is 4.56. The first-order chi connectivity index (χ1) is 23.2. The van der Waals surface area contributed by atoms with Crippen LogP contribution in [0.1, 0.15) is 22.4 Å². The zero-order valence-corrected chi connectivity index (χ0v) is 27.6. The molecule has 4 aromatic rings. The first kappa shape index (κ1) is 35.7. The lowest BCUT2D eigenvalue weighted by atomic mass is 10.1. The highest BCUT2D eigenvalue weighted by atomic mass is 16.5. The van der Waals surface area contributed by atoms with Crippen LogP contribution < -0.4 is 19.1 Å². The van der Waals surface area contributed by atoms with Gasteiger partial charge in [-0.1, -0.05) is 36.4 Å². The van der Waals surface area contributed by atoms with Crippen molar-refractivity contribution in [2.24, 2.45) is 0 Å². The molecule has 0 N–H and O–H groups in total. The van der Waals surface area contributed by atoms with Gasteiger partial charge in [0.2, 0.25) is 0 Å². The maximum Gasteiger partial charge on any atom is 0.298 e. The third kappa shape index (κ3) is 13.3. The maximum absolute atomic E-state index is 5.95. The van der Waals surface area contributed by atoms with Crippen molar-refractivity contribution in [3.63, 3.8) is 0 Å². The molecule has 11 nitrogen and oxygen atoms in total. The first-order valence-corrected chi connectivity index (χ1v) is 15.6. The molecule has 0 saturated heterocycles. The smallest absolute Gasteiger partial charge is 0.298 e. The second-order valence-electron chi connectivity index (χ2n) is 10.5. The average molecular weight is 651 g/mol. The Morgan fingerprint density at radius 2 is 1.11 bits per heavy atom. The van der Waals surface area contributed by atoms with E-state index in [2.05, 4.69) is 17.0 Å². The molecule has 0 fully saturated rings. The fourth-order valence-electron chi connectivity index (χ4n) is 4.56. The Labute approximate surface area is 277 Å². The van der Waals surface area contributed by atoms with Gasteiger partial charge in [-0.25, -0.2) is 0 Å². The third-order valence-corrected chi connectivity index (χ3v) is 6.86. The molecule has 0 aliphatic heterocycles. The number of hydrogen-bond donors (Lipinski definition) is 0. The fraction of sp³-hybridized carbons (Fsp3) is 0.417. The van der Waals surface area contributed by atoms with Crippen LogP contribution in [0.4, 0.5) is 6.01 Å². The molecule has 0 unspecified atom stereocenters. The van der Waals surface area contributed by atoms with Gasteiger partial charge in [0.25, 0.3) is 6.01 Å². The number of benzene rings is 3. The summed E-state index contributed by atoms with van der Waals surface area (Å²) in [5.41, 5.74) is 3.85. The maximum atomic E-state index is 5.95. The van der Waals surface area contributed by atoms with E-state index in [9.17, 15) is 0 Å². The van der Waals surface area contributed by atoms with Crippen LogP contribution >= 0.6 is 0 Å². The zero-order valence-electron chi connectivity index (χ0n) is 27.6. The Hall–Kier alpha value is -4.13. The van der Waals surface area contributed by atoms with E-state index in [1.807, 2.05) is 60.7 Å². The molecule has 0 aliphatic rings. The Bertz CT molecular complexity index is 1380. The molecular weight excluding hydrogens is 604 g/mol. The molecule has 3 aromatic carbocycles. The Morgan fingerprint density at radius 3 is 1.70 bits per heavy atom. The van der Waals surface area contributed by atoms with E-state index in [4.69, 9.17) is 47.3 Å². The highest BCUT2D eigenvalue weighted by Crippen LogP contribution is 2.24. The van der Waals surface area contributed by atoms with Crippen LogP contribution in [0.25, 0.3) is 0 Å². The van der Waals surface area contributed by atoms with Gasteiger partial charge in [0.15, 0.2) is 0 Å². The van der Waals surface area contributed by atoms with Crippen molar-refractivity contribution in [1.29, 1.82) is 0 Å². The van der Waals surface area contributed by atoms with Gasteiger partial charge in [-0.15, -0.1) is 0 Å². The average Bonchev–Trinajstić information content (AvgIpc) is 3.57. The summed E-state index contributed by atoms with van der Waals surface area (Å²) in [4.78, 5) is 6.81. The topological polar surface area (TPSA) is 103 Å². The number of oxazole rings is 1. The van der Waals surface area contributed by atoms with Gasteiger partial charge in [0, 0.05) is 27.3 Å². The summed E-state index contributed by atoms with van der Waals surface area (Å²) in [6, 6.07) is 24.3. The minimum absolute atomic E-state index is 0.304. The van der Waals surface area contributed by atoms with Crippen molar-refractivity contribution in [1.82, 2.24) is 4.98 Å². The minimum Gasteiger partial charge on any atom is -0.497 e. The van der Waals surface area contributed by atoms with Gasteiger partial charge in [-0.3, -0.25) is 0 Å². The van der Waals surface area contributed by atoms with E-state index >= 15 is 0 Å². The third-order valence-electron chi connectivity index (χ3n) is 6.86. The summed E-state index contributed by atoms with van der Waals surface area (Å²) in [7, 11) is 4.96. The van der Waals surface area contributed by atoms with Crippen molar-refractivity contribution < 1.29 is 42.3 Å². The standard InChI is InChI=1S/C36H46N2O9/c1-39-13-19-45-34-11-4-7-29(21-34)24-38(25-30-8-5-12-35(22-30)46-20-14-40-2)36-37-32(28-47-36)27-44-18-16-42-15-17-43-26-31-9-6-10-33(23-31)41-3/h4-12,21-23,28H,13-20,24-27H2,1-3H3. The molecule has 1 heterocycles. The van der Waals surface area contributed by atoms with E-state index in [-0.39, 0.29) is 0 Å². The predicted molar refractivity (Wildman–Crippen MR) is 177 cm³/mol. The van der Waals surface area contributed by atoms with Crippen LogP contribution in [-0.4, -0.2) is 79.2 Å². The van der Waals surface area contributed by atoms with E-state index in [1.165, 1.54) is 0 Å². The van der Waals surface area contributed by atoms with Gasteiger partial charge in [-0.05, 0) is 53.1 Å². The highest BCUT2D eigenvalue weighted by molar-refractivity contribution is 5.37. The molecular formula is C36H46N2O9. The lowest BCUT2D eigenvalue weighted by Crippen LogP contribution is -2.22. The van der Waals surface area contributed by atoms with E-state index in [0.717, 1.165) is 33.9 Å².